The van der Waals surface area contributed by atoms with Crippen molar-refractivity contribution in [3.8, 4) is 0 Å². The van der Waals surface area contributed by atoms with Crippen molar-refractivity contribution < 1.29 is 5.11 Å². The molecule has 2 nitrogen and oxygen atoms in total. The molecule has 1 aliphatic heterocycles. The highest BCUT2D eigenvalue weighted by molar-refractivity contribution is 5.21. The molecule has 0 atom stereocenters. The Bertz CT molecular complexity index is 467. The summed E-state index contributed by atoms with van der Waals surface area (Å²) in [7, 11) is 0. The van der Waals surface area contributed by atoms with Gasteiger partial charge in [0.25, 0.3) is 0 Å². The van der Waals surface area contributed by atoms with E-state index in [0.717, 1.165) is 38.0 Å². The van der Waals surface area contributed by atoms with Gasteiger partial charge in [0.2, 0.25) is 0 Å². The number of piperidine rings is 1. The van der Waals surface area contributed by atoms with E-state index in [2.05, 4.69) is 29.2 Å². The first-order valence-electron chi connectivity index (χ1n) is 7.43. The summed E-state index contributed by atoms with van der Waals surface area (Å²) in [6, 6.07) is 10.5. The Labute approximate surface area is 122 Å². The maximum Gasteiger partial charge on any atom is 0.0881 e. The lowest BCUT2D eigenvalue weighted by molar-refractivity contribution is 0.00727. The van der Waals surface area contributed by atoms with E-state index in [1.54, 1.807) is 0 Å². The molecule has 0 unspecified atom stereocenters. The molecule has 2 rings (SSSR count). The zero-order valence-electron chi connectivity index (χ0n) is 12.5. The number of aliphatic hydroxyl groups is 1. The fraction of sp³-hybridized carbons (Fsp3) is 0.444. The van der Waals surface area contributed by atoms with Crippen molar-refractivity contribution in [1.82, 2.24) is 4.90 Å². The van der Waals surface area contributed by atoms with Crippen LogP contribution in [-0.2, 0) is 6.54 Å². The van der Waals surface area contributed by atoms with Crippen molar-refractivity contribution in [1.29, 1.82) is 0 Å². The van der Waals surface area contributed by atoms with Crippen LogP contribution in [0.1, 0.15) is 32.3 Å². The minimum Gasteiger partial charge on any atom is -0.385 e. The number of rotatable bonds is 4. The molecule has 1 heterocycles. The van der Waals surface area contributed by atoms with Gasteiger partial charge in [-0.1, -0.05) is 48.6 Å². The van der Waals surface area contributed by atoms with Crippen molar-refractivity contribution >= 4 is 0 Å². The molecule has 1 saturated heterocycles. The SMILES string of the molecule is C/C=C\C=C(/C)C1(O)CCN(Cc2ccccc2)CC1. The maximum absolute atomic E-state index is 10.7. The van der Waals surface area contributed by atoms with Crippen molar-refractivity contribution in [2.24, 2.45) is 0 Å². The lowest BCUT2D eigenvalue weighted by Gasteiger charge is -2.39. The van der Waals surface area contributed by atoms with E-state index in [4.69, 9.17) is 0 Å². The largest absolute Gasteiger partial charge is 0.385 e. The monoisotopic (exact) mass is 271 g/mol. The van der Waals surface area contributed by atoms with Gasteiger partial charge in [-0.05, 0) is 37.8 Å². The molecule has 0 spiro atoms. The number of hydrogen-bond donors (Lipinski definition) is 1. The summed E-state index contributed by atoms with van der Waals surface area (Å²) in [6.45, 7) is 6.91. The van der Waals surface area contributed by atoms with Crippen molar-refractivity contribution in [2.75, 3.05) is 13.1 Å². The predicted octanol–water partition coefficient (Wildman–Crippen LogP) is 3.54. The van der Waals surface area contributed by atoms with E-state index >= 15 is 0 Å². The highest BCUT2D eigenvalue weighted by Crippen LogP contribution is 2.30. The Hall–Kier alpha value is -1.38. The summed E-state index contributed by atoms with van der Waals surface area (Å²) in [5.74, 6) is 0. The fourth-order valence-electron chi connectivity index (χ4n) is 2.71. The van der Waals surface area contributed by atoms with Crippen LogP contribution in [0.3, 0.4) is 0 Å². The van der Waals surface area contributed by atoms with Crippen LogP contribution in [0.25, 0.3) is 0 Å². The standard InChI is InChI=1S/C18H25NO/c1-3-4-8-16(2)18(20)11-13-19(14-12-18)15-17-9-6-5-7-10-17/h3-10,20H,11-15H2,1-2H3/b4-3-,16-8+. The Morgan fingerprint density at radius 2 is 1.90 bits per heavy atom. The first-order chi connectivity index (χ1) is 9.64. The fourth-order valence-corrected chi connectivity index (χ4v) is 2.71. The Morgan fingerprint density at radius 3 is 2.50 bits per heavy atom. The van der Waals surface area contributed by atoms with Gasteiger partial charge in [0.15, 0.2) is 0 Å². The van der Waals surface area contributed by atoms with E-state index in [1.165, 1.54) is 5.56 Å². The van der Waals surface area contributed by atoms with Crippen LogP contribution in [-0.4, -0.2) is 28.7 Å². The molecule has 1 fully saturated rings. The molecule has 1 aliphatic rings. The van der Waals surface area contributed by atoms with Gasteiger partial charge in [0.1, 0.15) is 0 Å². The number of benzene rings is 1. The lowest BCUT2D eigenvalue weighted by Crippen LogP contribution is -2.44. The van der Waals surface area contributed by atoms with E-state index in [1.807, 2.05) is 38.1 Å². The molecule has 108 valence electrons. The van der Waals surface area contributed by atoms with Gasteiger partial charge >= 0.3 is 0 Å². The van der Waals surface area contributed by atoms with Gasteiger partial charge in [-0.2, -0.15) is 0 Å². The molecule has 0 amide bonds. The lowest BCUT2D eigenvalue weighted by atomic mass is 9.84. The van der Waals surface area contributed by atoms with Crippen molar-refractivity contribution in [2.45, 2.75) is 38.8 Å². The Balaban J connectivity index is 1.92. The number of hydrogen-bond acceptors (Lipinski definition) is 2. The summed E-state index contributed by atoms with van der Waals surface area (Å²) in [6.07, 6.45) is 7.67. The second-order valence-electron chi connectivity index (χ2n) is 5.67. The maximum atomic E-state index is 10.7. The molecule has 2 heteroatoms. The molecule has 1 aromatic rings. The molecule has 1 aromatic carbocycles. The molecular formula is C18H25NO. The highest BCUT2D eigenvalue weighted by Gasteiger charge is 2.33. The topological polar surface area (TPSA) is 23.5 Å². The average molecular weight is 271 g/mol. The van der Waals surface area contributed by atoms with E-state index in [0.29, 0.717) is 0 Å². The van der Waals surface area contributed by atoms with Crippen LogP contribution in [0.15, 0.2) is 54.1 Å². The normalized spacial score (nSPS) is 20.4. The van der Waals surface area contributed by atoms with Gasteiger partial charge in [-0.15, -0.1) is 0 Å². The smallest absolute Gasteiger partial charge is 0.0881 e. The number of likely N-dealkylation sites (tertiary alicyclic amines) is 1. The molecular weight excluding hydrogens is 246 g/mol. The van der Waals surface area contributed by atoms with Gasteiger partial charge in [0.05, 0.1) is 5.60 Å². The highest BCUT2D eigenvalue weighted by atomic mass is 16.3. The molecule has 1 N–H and O–H groups in total. The van der Waals surface area contributed by atoms with E-state index in [9.17, 15) is 5.11 Å². The summed E-state index contributed by atoms with van der Waals surface area (Å²) >= 11 is 0. The van der Waals surface area contributed by atoms with Crippen LogP contribution < -0.4 is 0 Å². The van der Waals surface area contributed by atoms with Gasteiger partial charge in [-0.3, -0.25) is 4.90 Å². The second-order valence-corrected chi connectivity index (χ2v) is 5.67. The molecule has 0 aromatic heterocycles. The molecule has 0 aliphatic carbocycles. The zero-order valence-corrected chi connectivity index (χ0v) is 12.5. The Kier molecular flexibility index (Phi) is 5.16. The van der Waals surface area contributed by atoms with Gasteiger partial charge in [0, 0.05) is 19.6 Å². The van der Waals surface area contributed by atoms with Crippen molar-refractivity contribution in [3.05, 3.63) is 59.7 Å². The first kappa shape index (κ1) is 15.0. The van der Waals surface area contributed by atoms with Crippen LogP contribution in [0, 0.1) is 0 Å². The molecule has 0 radical (unpaired) electrons. The van der Waals surface area contributed by atoms with Crippen molar-refractivity contribution in [3.63, 3.8) is 0 Å². The quantitative estimate of drug-likeness (QED) is 0.847. The Morgan fingerprint density at radius 1 is 1.25 bits per heavy atom. The predicted molar refractivity (Wildman–Crippen MR) is 84.5 cm³/mol. The summed E-state index contributed by atoms with van der Waals surface area (Å²) in [5.41, 5.74) is 1.81. The summed E-state index contributed by atoms with van der Waals surface area (Å²) < 4.78 is 0. The molecule has 20 heavy (non-hydrogen) atoms. The first-order valence-corrected chi connectivity index (χ1v) is 7.43. The molecule has 0 saturated carbocycles. The van der Waals surface area contributed by atoms with Crippen LogP contribution in [0.5, 0.6) is 0 Å². The minimum absolute atomic E-state index is 0.618. The zero-order chi connectivity index (χ0) is 14.4. The van der Waals surface area contributed by atoms with E-state index in [-0.39, 0.29) is 0 Å². The third kappa shape index (κ3) is 3.81. The molecule has 0 bridgehead atoms. The summed E-state index contributed by atoms with van der Waals surface area (Å²) in [5, 5.41) is 10.7. The number of allylic oxidation sites excluding steroid dienone is 3. The van der Waals surface area contributed by atoms with Crippen LogP contribution in [0.4, 0.5) is 0 Å². The second kappa shape index (κ2) is 6.87. The number of nitrogens with zero attached hydrogens (tertiary/aromatic N) is 1. The third-order valence-corrected chi connectivity index (χ3v) is 4.20. The van der Waals surface area contributed by atoms with Crippen LogP contribution >= 0.6 is 0 Å². The third-order valence-electron chi connectivity index (χ3n) is 4.20. The van der Waals surface area contributed by atoms with Gasteiger partial charge < -0.3 is 5.11 Å². The summed E-state index contributed by atoms with van der Waals surface area (Å²) in [4.78, 5) is 2.42. The van der Waals surface area contributed by atoms with Gasteiger partial charge in [-0.25, -0.2) is 0 Å². The average Bonchev–Trinajstić information content (AvgIpc) is 2.48. The minimum atomic E-state index is -0.618. The van der Waals surface area contributed by atoms with Crippen LogP contribution in [0.2, 0.25) is 0 Å². The van der Waals surface area contributed by atoms with E-state index < -0.39 is 5.60 Å².